The van der Waals surface area contributed by atoms with Crippen LogP contribution in [0.3, 0.4) is 0 Å². The highest BCUT2D eigenvalue weighted by molar-refractivity contribution is 7.92. The van der Waals surface area contributed by atoms with E-state index in [1.54, 1.807) is 31.2 Å². The fraction of sp³-hybridized carbons (Fsp3) is 0.556. The summed E-state index contributed by atoms with van der Waals surface area (Å²) in [6, 6.07) is 6.40. The first-order valence-corrected chi connectivity index (χ1v) is 10.6. The van der Waals surface area contributed by atoms with Crippen LogP contribution >= 0.6 is 0 Å². The van der Waals surface area contributed by atoms with E-state index in [1.165, 1.54) is 4.90 Å². The molecule has 1 aromatic carbocycles. The van der Waals surface area contributed by atoms with Gasteiger partial charge in [0.05, 0.1) is 29.0 Å². The van der Waals surface area contributed by atoms with E-state index in [0.29, 0.717) is 26.1 Å². The average molecular weight is 396 g/mol. The number of carboxylic acid groups (broad SMARTS) is 1. The van der Waals surface area contributed by atoms with Crippen LogP contribution in [0.15, 0.2) is 24.3 Å². The molecule has 2 N–H and O–H groups in total. The predicted octanol–water partition coefficient (Wildman–Crippen LogP) is 1.40. The van der Waals surface area contributed by atoms with Gasteiger partial charge in [0.1, 0.15) is 0 Å². The number of aliphatic carboxylic acids is 1. The number of fused-ring (bicyclic) bond motifs is 1. The van der Waals surface area contributed by atoms with Crippen LogP contribution in [-0.2, 0) is 19.6 Å². The molecular formula is C18H24N2O6S. The molecule has 148 valence electrons. The molecule has 0 bridgehead atoms. The first-order chi connectivity index (χ1) is 12.8. The van der Waals surface area contributed by atoms with Crippen molar-refractivity contribution >= 4 is 27.6 Å². The van der Waals surface area contributed by atoms with Gasteiger partial charge in [-0.3, -0.25) is 14.3 Å². The highest BCUT2D eigenvalue weighted by atomic mass is 32.2. The van der Waals surface area contributed by atoms with Gasteiger partial charge in [0.25, 0.3) is 5.91 Å². The van der Waals surface area contributed by atoms with E-state index in [2.05, 4.69) is 4.72 Å². The number of likely N-dealkylation sites (tertiary alicyclic amines) is 1. The van der Waals surface area contributed by atoms with Crippen LogP contribution in [0.1, 0.15) is 30.1 Å². The molecule has 0 aliphatic carbocycles. The molecule has 0 unspecified atom stereocenters. The molecule has 0 saturated carbocycles. The van der Waals surface area contributed by atoms with Gasteiger partial charge < -0.3 is 14.7 Å². The molecule has 8 nitrogen and oxygen atoms in total. The fourth-order valence-electron chi connectivity index (χ4n) is 3.87. The SMILES string of the molecule is CCCS(=O)(=O)Nc1ccccc1C(=O)N1C[C@H]2COCC[C@@]2(C(=O)O)C1. The third-order valence-electron chi connectivity index (χ3n) is 5.32. The van der Waals surface area contributed by atoms with E-state index >= 15 is 0 Å². The highest BCUT2D eigenvalue weighted by Crippen LogP contribution is 2.43. The Morgan fingerprint density at radius 1 is 1.37 bits per heavy atom. The summed E-state index contributed by atoms with van der Waals surface area (Å²) in [7, 11) is -3.55. The number of carbonyl (C=O) groups excluding carboxylic acids is 1. The Balaban J connectivity index is 1.86. The van der Waals surface area contributed by atoms with Gasteiger partial charge in [-0.2, -0.15) is 0 Å². The number of nitrogens with zero attached hydrogens (tertiary/aromatic N) is 1. The van der Waals surface area contributed by atoms with Crippen LogP contribution < -0.4 is 4.72 Å². The molecule has 9 heteroatoms. The van der Waals surface area contributed by atoms with E-state index in [0.717, 1.165) is 0 Å². The second-order valence-electron chi connectivity index (χ2n) is 7.14. The van der Waals surface area contributed by atoms with Crippen molar-refractivity contribution in [2.45, 2.75) is 19.8 Å². The number of nitrogens with one attached hydrogen (secondary N) is 1. The number of carbonyl (C=O) groups is 2. The van der Waals surface area contributed by atoms with E-state index in [4.69, 9.17) is 4.74 Å². The van der Waals surface area contributed by atoms with Gasteiger partial charge in [0.2, 0.25) is 10.0 Å². The molecule has 2 heterocycles. The quantitative estimate of drug-likeness (QED) is 0.752. The molecule has 0 spiro atoms. The van der Waals surface area contributed by atoms with Gasteiger partial charge in [-0.15, -0.1) is 0 Å². The Bertz CT molecular complexity index is 840. The second kappa shape index (κ2) is 7.47. The molecule has 27 heavy (non-hydrogen) atoms. The molecule has 1 aromatic rings. The fourth-order valence-corrected chi connectivity index (χ4v) is 5.02. The lowest BCUT2D eigenvalue weighted by Crippen LogP contribution is -2.45. The lowest BCUT2D eigenvalue weighted by atomic mass is 9.74. The van der Waals surface area contributed by atoms with Crippen molar-refractivity contribution in [1.29, 1.82) is 0 Å². The smallest absolute Gasteiger partial charge is 0.311 e. The number of anilines is 1. The Kier molecular flexibility index (Phi) is 5.43. The Morgan fingerprint density at radius 3 is 2.78 bits per heavy atom. The van der Waals surface area contributed by atoms with Crippen LogP contribution in [0.4, 0.5) is 5.69 Å². The van der Waals surface area contributed by atoms with E-state index in [9.17, 15) is 23.1 Å². The zero-order chi connectivity index (χ0) is 19.7. The first kappa shape index (κ1) is 19.6. The maximum Gasteiger partial charge on any atom is 0.311 e. The summed E-state index contributed by atoms with van der Waals surface area (Å²) < 4.78 is 32.1. The van der Waals surface area contributed by atoms with Crippen LogP contribution in [0, 0.1) is 11.3 Å². The van der Waals surface area contributed by atoms with Crippen molar-refractivity contribution in [2.24, 2.45) is 11.3 Å². The summed E-state index contributed by atoms with van der Waals surface area (Å²) in [6.45, 7) is 2.81. The van der Waals surface area contributed by atoms with E-state index in [-0.39, 0.29) is 41.9 Å². The second-order valence-corrected chi connectivity index (χ2v) is 8.98. The number of amides is 1. The number of sulfonamides is 1. The van der Waals surface area contributed by atoms with Crippen molar-refractivity contribution in [1.82, 2.24) is 4.90 Å². The molecule has 0 radical (unpaired) electrons. The molecule has 1 amide bonds. The third-order valence-corrected chi connectivity index (χ3v) is 6.79. The van der Waals surface area contributed by atoms with Crippen molar-refractivity contribution in [3.63, 3.8) is 0 Å². The van der Waals surface area contributed by atoms with E-state index in [1.807, 2.05) is 0 Å². The van der Waals surface area contributed by atoms with Crippen molar-refractivity contribution in [3.05, 3.63) is 29.8 Å². The number of rotatable bonds is 6. The summed E-state index contributed by atoms with van der Waals surface area (Å²) in [5.74, 6) is -1.60. The van der Waals surface area contributed by atoms with Gasteiger partial charge in [-0.1, -0.05) is 19.1 Å². The molecule has 2 aliphatic rings. The van der Waals surface area contributed by atoms with Crippen LogP contribution in [0.2, 0.25) is 0 Å². The normalized spacial score (nSPS) is 25.1. The number of para-hydroxylation sites is 1. The van der Waals surface area contributed by atoms with Crippen LogP contribution in [0.5, 0.6) is 0 Å². The van der Waals surface area contributed by atoms with E-state index < -0.39 is 21.4 Å². The standard InChI is InChI=1S/C18H24N2O6S/c1-2-9-27(24,25)19-15-6-4-3-5-14(15)16(21)20-10-13-11-26-8-7-18(13,12-20)17(22)23/h3-6,13,19H,2,7-12H2,1H3,(H,22,23)/t13-,18+/m0/s1. The summed E-state index contributed by atoms with van der Waals surface area (Å²) in [6.07, 6.45) is 0.821. The summed E-state index contributed by atoms with van der Waals surface area (Å²) >= 11 is 0. The van der Waals surface area contributed by atoms with Crippen LogP contribution in [-0.4, -0.2) is 62.4 Å². The highest BCUT2D eigenvalue weighted by Gasteiger charge is 2.55. The molecule has 2 fully saturated rings. The molecule has 3 rings (SSSR count). The Hall–Kier alpha value is -2.13. The van der Waals surface area contributed by atoms with Gasteiger partial charge in [-0.05, 0) is 25.0 Å². The minimum Gasteiger partial charge on any atom is -0.481 e. The van der Waals surface area contributed by atoms with Gasteiger partial charge in [-0.25, -0.2) is 8.42 Å². The molecular weight excluding hydrogens is 372 g/mol. The summed E-state index contributed by atoms with van der Waals surface area (Å²) in [5.41, 5.74) is -0.561. The maximum absolute atomic E-state index is 13.1. The number of carboxylic acids is 1. The number of benzene rings is 1. The predicted molar refractivity (Wildman–Crippen MR) is 99.0 cm³/mol. The average Bonchev–Trinajstić information content (AvgIpc) is 3.02. The number of hydrogen-bond donors (Lipinski definition) is 2. The number of ether oxygens (including phenoxy) is 1. The maximum atomic E-state index is 13.1. The first-order valence-electron chi connectivity index (χ1n) is 8.99. The Labute approximate surface area is 158 Å². The van der Waals surface area contributed by atoms with Gasteiger partial charge >= 0.3 is 5.97 Å². The molecule has 2 atom stereocenters. The minimum atomic E-state index is -3.55. The summed E-state index contributed by atoms with van der Waals surface area (Å²) in [4.78, 5) is 26.5. The molecule has 2 saturated heterocycles. The van der Waals surface area contributed by atoms with Gasteiger partial charge in [0, 0.05) is 25.6 Å². The number of hydrogen-bond acceptors (Lipinski definition) is 5. The zero-order valence-corrected chi connectivity index (χ0v) is 16.0. The topological polar surface area (TPSA) is 113 Å². The van der Waals surface area contributed by atoms with Crippen molar-refractivity contribution in [3.8, 4) is 0 Å². The lowest BCUT2D eigenvalue weighted by Gasteiger charge is -2.33. The van der Waals surface area contributed by atoms with Crippen molar-refractivity contribution < 1.29 is 27.9 Å². The third kappa shape index (κ3) is 3.79. The lowest BCUT2D eigenvalue weighted by molar-refractivity contribution is -0.157. The van der Waals surface area contributed by atoms with Crippen LogP contribution in [0.25, 0.3) is 0 Å². The minimum absolute atomic E-state index is 0.0409. The van der Waals surface area contributed by atoms with Crippen molar-refractivity contribution in [2.75, 3.05) is 36.8 Å². The largest absolute Gasteiger partial charge is 0.481 e. The Morgan fingerprint density at radius 2 is 2.11 bits per heavy atom. The summed E-state index contributed by atoms with van der Waals surface area (Å²) in [5, 5.41) is 9.75. The molecule has 0 aromatic heterocycles. The molecule has 2 aliphatic heterocycles. The zero-order valence-electron chi connectivity index (χ0n) is 15.2. The monoisotopic (exact) mass is 396 g/mol. The van der Waals surface area contributed by atoms with Gasteiger partial charge in [0.15, 0.2) is 0 Å².